The van der Waals surface area contributed by atoms with Crippen molar-refractivity contribution in [3.8, 4) is 16.3 Å². The topological polar surface area (TPSA) is 64.1 Å². The van der Waals surface area contributed by atoms with Gasteiger partial charge in [-0.1, -0.05) is 6.07 Å². The molecule has 0 aliphatic carbocycles. The van der Waals surface area contributed by atoms with E-state index in [1.165, 1.54) is 24.5 Å². The Hall–Kier alpha value is -2.32. The standard InChI is InChI=1S/C16H14FN3O2S2/c1-8-7-18-16(23-8)20-14(21)13-9(2)19-15(24-13)12-10(17)5-4-6-11(12)22-3/h4-7H,1-3H3,(H,18,20,21). The predicted octanol–water partition coefficient (Wildman–Crippen LogP) is 4.28. The maximum atomic E-state index is 14.2. The van der Waals surface area contributed by atoms with Gasteiger partial charge in [0.05, 0.1) is 18.4 Å². The Labute approximate surface area is 146 Å². The number of halogens is 1. The molecule has 5 nitrogen and oxygen atoms in total. The summed E-state index contributed by atoms with van der Waals surface area (Å²) in [6.07, 6.45) is 1.69. The lowest BCUT2D eigenvalue weighted by Crippen LogP contribution is -2.11. The van der Waals surface area contributed by atoms with E-state index in [9.17, 15) is 9.18 Å². The number of benzene rings is 1. The molecule has 2 aromatic heterocycles. The molecule has 0 atom stereocenters. The number of rotatable bonds is 4. The molecule has 3 rings (SSSR count). The summed E-state index contributed by atoms with van der Waals surface area (Å²) in [6, 6.07) is 4.57. The number of anilines is 1. The number of nitrogens with one attached hydrogen (secondary N) is 1. The van der Waals surface area contributed by atoms with Gasteiger partial charge in [0.25, 0.3) is 5.91 Å². The van der Waals surface area contributed by atoms with Gasteiger partial charge in [-0.15, -0.1) is 22.7 Å². The Balaban J connectivity index is 1.95. The van der Waals surface area contributed by atoms with Gasteiger partial charge in [0.1, 0.15) is 21.5 Å². The third-order valence-electron chi connectivity index (χ3n) is 3.25. The van der Waals surface area contributed by atoms with Crippen LogP contribution in [0, 0.1) is 19.7 Å². The second kappa shape index (κ2) is 6.66. The lowest BCUT2D eigenvalue weighted by atomic mass is 10.2. The molecule has 0 unspecified atom stereocenters. The summed E-state index contributed by atoms with van der Waals surface area (Å²) >= 11 is 2.51. The minimum absolute atomic E-state index is 0.261. The van der Waals surface area contributed by atoms with Crippen LogP contribution in [0.1, 0.15) is 20.2 Å². The quantitative estimate of drug-likeness (QED) is 0.751. The molecule has 0 fully saturated rings. The summed E-state index contributed by atoms with van der Waals surface area (Å²) in [6.45, 7) is 3.63. The number of ether oxygens (including phenoxy) is 1. The van der Waals surface area contributed by atoms with E-state index in [1.807, 2.05) is 6.92 Å². The van der Waals surface area contributed by atoms with Crippen LogP contribution in [0.5, 0.6) is 5.75 Å². The van der Waals surface area contributed by atoms with Crippen LogP contribution < -0.4 is 10.1 Å². The minimum Gasteiger partial charge on any atom is -0.496 e. The largest absolute Gasteiger partial charge is 0.496 e. The molecule has 124 valence electrons. The Bertz CT molecular complexity index is 905. The van der Waals surface area contributed by atoms with Gasteiger partial charge in [-0.05, 0) is 26.0 Å². The molecule has 0 saturated heterocycles. The first kappa shape index (κ1) is 16.5. The second-order valence-electron chi connectivity index (χ2n) is 4.98. The molecule has 24 heavy (non-hydrogen) atoms. The number of aryl methyl sites for hydroxylation is 2. The fourth-order valence-electron chi connectivity index (χ4n) is 2.16. The maximum absolute atomic E-state index is 14.2. The monoisotopic (exact) mass is 363 g/mol. The first-order valence-electron chi connectivity index (χ1n) is 7.03. The normalized spacial score (nSPS) is 10.7. The van der Waals surface area contributed by atoms with Gasteiger partial charge >= 0.3 is 0 Å². The van der Waals surface area contributed by atoms with Crippen molar-refractivity contribution in [2.75, 3.05) is 12.4 Å². The summed E-state index contributed by atoms with van der Waals surface area (Å²) in [4.78, 5) is 22.3. The second-order valence-corrected chi connectivity index (χ2v) is 7.21. The number of thiazole rings is 2. The number of amides is 1. The van der Waals surface area contributed by atoms with Crippen molar-refractivity contribution in [3.05, 3.63) is 45.7 Å². The maximum Gasteiger partial charge on any atom is 0.269 e. The summed E-state index contributed by atoms with van der Waals surface area (Å²) in [7, 11) is 1.47. The third-order valence-corrected chi connectivity index (χ3v) is 5.26. The van der Waals surface area contributed by atoms with Crippen molar-refractivity contribution in [3.63, 3.8) is 0 Å². The van der Waals surface area contributed by atoms with Gasteiger partial charge in [0.2, 0.25) is 0 Å². The molecule has 0 aliphatic heterocycles. The van der Waals surface area contributed by atoms with Crippen molar-refractivity contribution in [1.29, 1.82) is 0 Å². The van der Waals surface area contributed by atoms with E-state index in [1.54, 1.807) is 25.3 Å². The Kier molecular flexibility index (Phi) is 4.59. The Morgan fingerprint density at radius 1 is 1.29 bits per heavy atom. The van der Waals surface area contributed by atoms with E-state index in [0.29, 0.717) is 26.5 Å². The zero-order valence-electron chi connectivity index (χ0n) is 13.2. The van der Waals surface area contributed by atoms with Crippen molar-refractivity contribution in [2.24, 2.45) is 0 Å². The summed E-state index contributed by atoms with van der Waals surface area (Å²) < 4.78 is 19.4. The van der Waals surface area contributed by atoms with Gasteiger partial charge < -0.3 is 4.74 Å². The molecule has 0 saturated carbocycles. The summed E-state index contributed by atoms with van der Waals surface area (Å²) in [5, 5.41) is 3.67. The van der Waals surface area contributed by atoms with Crippen LogP contribution in [0.25, 0.3) is 10.6 Å². The predicted molar refractivity (Wildman–Crippen MR) is 93.6 cm³/mol. The van der Waals surface area contributed by atoms with Crippen LogP contribution in [0.3, 0.4) is 0 Å². The van der Waals surface area contributed by atoms with Gasteiger partial charge in [0.15, 0.2) is 5.13 Å². The van der Waals surface area contributed by atoms with Crippen molar-refractivity contribution in [2.45, 2.75) is 13.8 Å². The molecule has 3 aromatic rings. The fourth-order valence-corrected chi connectivity index (χ4v) is 3.84. The minimum atomic E-state index is -0.439. The summed E-state index contributed by atoms with van der Waals surface area (Å²) in [5.74, 6) is -0.363. The highest BCUT2D eigenvalue weighted by Crippen LogP contribution is 2.36. The average Bonchev–Trinajstić information content (AvgIpc) is 3.12. The Morgan fingerprint density at radius 3 is 2.75 bits per heavy atom. The number of carbonyl (C=O) groups excluding carboxylic acids is 1. The molecule has 0 radical (unpaired) electrons. The molecule has 0 aliphatic rings. The molecular formula is C16H14FN3O2S2. The number of hydrogen-bond acceptors (Lipinski definition) is 6. The zero-order valence-corrected chi connectivity index (χ0v) is 14.8. The molecule has 1 aromatic carbocycles. The van der Waals surface area contributed by atoms with Crippen LogP contribution in [-0.2, 0) is 0 Å². The van der Waals surface area contributed by atoms with Gasteiger partial charge in [0, 0.05) is 11.1 Å². The van der Waals surface area contributed by atoms with Crippen LogP contribution in [0.4, 0.5) is 9.52 Å². The molecule has 1 N–H and O–H groups in total. The van der Waals surface area contributed by atoms with E-state index in [-0.39, 0.29) is 11.5 Å². The van der Waals surface area contributed by atoms with Crippen LogP contribution in [-0.4, -0.2) is 23.0 Å². The molecular weight excluding hydrogens is 349 g/mol. The van der Waals surface area contributed by atoms with E-state index in [0.717, 1.165) is 16.2 Å². The number of carbonyl (C=O) groups is 1. The van der Waals surface area contributed by atoms with Gasteiger partial charge in [-0.2, -0.15) is 0 Å². The molecule has 0 spiro atoms. The smallest absolute Gasteiger partial charge is 0.269 e. The van der Waals surface area contributed by atoms with Gasteiger partial charge in [-0.25, -0.2) is 14.4 Å². The van der Waals surface area contributed by atoms with Crippen molar-refractivity contribution in [1.82, 2.24) is 9.97 Å². The fraction of sp³-hybridized carbons (Fsp3) is 0.188. The first-order chi connectivity index (χ1) is 11.5. The number of hydrogen-bond donors (Lipinski definition) is 1. The Morgan fingerprint density at radius 2 is 2.08 bits per heavy atom. The number of aromatic nitrogens is 2. The zero-order chi connectivity index (χ0) is 17.3. The summed E-state index contributed by atoms with van der Waals surface area (Å²) in [5.41, 5.74) is 0.795. The SMILES string of the molecule is COc1cccc(F)c1-c1nc(C)c(C(=O)Nc2ncc(C)s2)s1. The molecule has 0 bridgehead atoms. The van der Waals surface area contributed by atoms with E-state index in [4.69, 9.17) is 4.74 Å². The van der Waals surface area contributed by atoms with Crippen LogP contribution >= 0.6 is 22.7 Å². The van der Waals surface area contributed by atoms with E-state index >= 15 is 0 Å². The number of nitrogens with zero attached hydrogens (tertiary/aromatic N) is 2. The highest BCUT2D eigenvalue weighted by atomic mass is 32.1. The lowest BCUT2D eigenvalue weighted by molar-refractivity contribution is 0.103. The van der Waals surface area contributed by atoms with Gasteiger partial charge in [-0.3, -0.25) is 10.1 Å². The van der Waals surface area contributed by atoms with Crippen LogP contribution in [0.15, 0.2) is 24.4 Å². The van der Waals surface area contributed by atoms with Crippen molar-refractivity contribution < 1.29 is 13.9 Å². The van der Waals surface area contributed by atoms with E-state index in [2.05, 4.69) is 15.3 Å². The lowest BCUT2D eigenvalue weighted by Gasteiger charge is -2.06. The number of methoxy groups -OCH3 is 1. The molecule has 2 heterocycles. The van der Waals surface area contributed by atoms with E-state index < -0.39 is 5.82 Å². The van der Waals surface area contributed by atoms with Crippen molar-refractivity contribution >= 4 is 33.7 Å². The highest BCUT2D eigenvalue weighted by Gasteiger charge is 2.21. The highest BCUT2D eigenvalue weighted by molar-refractivity contribution is 7.17. The molecule has 1 amide bonds. The third kappa shape index (κ3) is 3.15. The molecule has 8 heteroatoms. The van der Waals surface area contributed by atoms with Crippen LogP contribution in [0.2, 0.25) is 0 Å². The first-order valence-corrected chi connectivity index (χ1v) is 8.67. The average molecular weight is 363 g/mol.